The molecule has 1 aliphatic rings. The van der Waals surface area contributed by atoms with Crippen LogP contribution in [0.2, 0.25) is 0 Å². The first-order valence-electron chi connectivity index (χ1n) is 3.95. The molecule has 0 saturated carbocycles. The molecule has 1 aromatic rings. The van der Waals surface area contributed by atoms with Gasteiger partial charge >= 0.3 is 0 Å². The van der Waals surface area contributed by atoms with E-state index < -0.39 is 0 Å². The van der Waals surface area contributed by atoms with Gasteiger partial charge in [-0.25, -0.2) is 0 Å². The molecular formula is C8H13N3. The lowest BCUT2D eigenvalue weighted by atomic mass is 10.1. The van der Waals surface area contributed by atoms with E-state index in [2.05, 4.69) is 28.3 Å². The Labute approximate surface area is 66.4 Å². The first kappa shape index (κ1) is 6.73. The van der Waals surface area contributed by atoms with Gasteiger partial charge in [0.2, 0.25) is 0 Å². The lowest BCUT2D eigenvalue weighted by Crippen LogP contribution is -2.56. The zero-order valence-corrected chi connectivity index (χ0v) is 6.67. The number of aromatic amines is 1. The zero-order valence-electron chi connectivity index (χ0n) is 6.67. The molecule has 1 saturated heterocycles. The third-order valence-electron chi connectivity index (χ3n) is 2.27. The van der Waals surface area contributed by atoms with Gasteiger partial charge in [-0.2, -0.15) is 0 Å². The summed E-state index contributed by atoms with van der Waals surface area (Å²) in [5.41, 5.74) is 0. The predicted octanol–water partition coefficient (Wildman–Crippen LogP) is 0.423. The molecular weight excluding hydrogens is 138 g/mol. The lowest BCUT2D eigenvalue weighted by Gasteiger charge is -2.36. The number of hydrogen-bond acceptors (Lipinski definition) is 2. The van der Waals surface area contributed by atoms with E-state index in [4.69, 9.17) is 0 Å². The zero-order chi connectivity index (χ0) is 7.68. The monoisotopic (exact) mass is 151 g/mol. The smallest absolute Gasteiger partial charge is 0.105 e. The van der Waals surface area contributed by atoms with Crippen LogP contribution in [0.5, 0.6) is 0 Å². The van der Waals surface area contributed by atoms with Crippen LogP contribution in [0.25, 0.3) is 0 Å². The van der Waals surface area contributed by atoms with Gasteiger partial charge in [-0.05, 0) is 12.1 Å². The molecule has 1 aliphatic heterocycles. The molecule has 60 valence electrons. The first-order chi connectivity index (χ1) is 5.38. The minimum Gasteiger partial charge on any atom is -0.356 e. The highest BCUT2D eigenvalue weighted by Crippen LogP contribution is 2.13. The Morgan fingerprint density at radius 3 is 2.82 bits per heavy atom. The second-order valence-electron chi connectivity index (χ2n) is 2.98. The van der Waals surface area contributed by atoms with Crippen LogP contribution in [0.1, 0.15) is 0 Å². The summed E-state index contributed by atoms with van der Waals surface area (Å²) in [4.78, 5) is 5.46. The van der Waals surface area contributed by atoms with E-state index in [9.17, 15) is 0 Å². The highest BCUT2D eigenvalue weighted by Gasteiger charge is 2.21. The number of nitrogens with one attached hydrogen (secondary N) is 2. The molecule has 0 aromatic carbocycles. The molecule has 1 aromatic heterocycles. The SMILES string of the molecule is CN(c1ccc[nH]1)C1CNC1. The van der Waals surface area contributed by atoms with Gasteiger partial charge in [0.1, 0.15) is 5.82 Å². The van der Waals surface area contributed by atoms with Crippen LogP contribution in [-0.4, -0.2) is 31.2 Å². The minimum absolute atomic E-state index is 0.675. The second kappa shape index (κ2) is 2.58. The van der Waals surface area contributed by atoms with Crippen LogP contribution in [0, 0.1) is 0 Å². The van der Waals surface area contributed by atoms with Gasteiger partial charge in [-0.1, -0.05) is 0 Å². The number of aromatic nitrogens is 1. The van der Waals surface area contributed by atoms with Crippen molar-refractivity contribution < 1.29 is 0 Å². The minimum atomic E-state index is 0.675. The summed E-state index contributed by atoms with van der Waals surface area (Å²) >= 11 is 0. The Kier molecular flexibility index (Phi) is 1.58. The van der Waals surface area contributed by atoms with Gasteiger partial charge in [0.05, 0.1) is 6.04 Å². The quantitative estimate of drug-likeness (QED) is 0.642. The molecule has 2 rings (SSSR count). The van der Waals surface area contributed by atoms with Crippen molar-refractivity contribution in [2.24, 2.45) is 0 Å². The van der Waals surface area contributed by atoms with Crippen molar-refractivity contribution in [3.05, 3.63) is 18.3 Å². The maximum absolute atomic E-state index is 3.25. The van der Waals surface area contributed by atoms with Gasteiger partial charge in [0, 0.05) is 26.3 Å². The third-order valence-corrected chi connectivity index (χ3v) is 2.27. The molecule has 11 heavy (non-hydrogen) atoms. The van der Waals surface area contributed by atoms with Crippen molar-refractivity contribution in [2.45, 2.75) is 6.04 Å². The average molecular weight is 151 g/mol. The third kappa shape index (κ3) is 1.12. The predicted molar refractivity (Wildman–Crippen MR) is 45.9 cm³/mol. The van der Waals surface area contributed by atoms with Crippen LogP contribution in [-0.2, 0) is 0 Å². The van der Waals surface area contributed by atoms with E-state index in [1.165, 1.54) is 5.82 Å². The van der Waals surface area contributed by atoms with E-state index in [1.807, 2.05) is 12.3 Å². The molecule has 0 aliphatic carbocycles. The molecule has 3 heteroatoms. The Morgan fingerprint density at radius 2 is 2.36 bits per heavy atom. The lowest BCUT2D eigenvalue weighted by molar-refractivity contribution is 0.427. The van der Waals surface area contributed by atoms with Crippen LogP contribution in [0.15, 0.2) is 18.3 Å². The van der Waals surface area contributed by atoms with Crippen molar-refractivity contribution in [2.75, 3.05) is 25.0 Å². The molecule has 2 heterocycles. The summed E-state index contributed by atoms with van der Waals surface area (Å²) in [6.07, 6.45) is 1.96. The fourth-order valence-corrected chi connectivity index (χ4v) is 1.28. The summed E-state index contributed by atoms with van der Waals surface area (Å²) in [5.74, 6) is 1.21. The van der Waals surface area contributed by atoms with Crippen LogP contribution in [0.3, 0.4) is 0 Å². The van der Waals surface area contributed by atoms with E-state index in [1.54, 1.807) is 0 Å². The fraction of sp³-hybridized carbons (Fsp3) is 0.500. The Hall–Kier alpha value is -0.960. The first-order valence-corrected chi connectivity index (χ1v) is 3.95. The normalized spacial score (nSPS) is 17.9. The molecule has 0 bridgehead atoms. The Morgan fingerprint density at radius 1 is 1.55 bits per heavy atom. The maximum Gasteiger partial charge on any atom is 0.105 e. The number of anilines is 1. The number of H-pyrrole nitrogens is 1. The average Bonchev–Trinajstić information content (AvgIpc) is 2.32. The van der Waals surface area contributed by atoms with Crippen molar-refractivity contribution in [1.29, 1.82) is 0 Å². The largest absolute Gasteiger partial charge is 0.356 e. The van der Waals surface area contributed by atoms with Crippen LogP contribution < -0.4 is 10.2 Å². The molecule has 0 unspecified atom stereocenters. The van der Waals surface area contributed by atoms with Crippen LogP contribution >= 0.6 is 0 Å². The van der Waals surface area contributed by atoms with E-state index >= 15 is 0 Å². The highest BCUT2D eigenvalue weighted by molar-refractivity contribution is 5.39. The molecule has 2 N–H and O–H groups in total. The van der Waals surface area contributed by atoms with Crippen molar-refractivity contribution in [3.8, 4) is 0 Å². The standard InChI is InChI=1S/C8H13N3/c1-11(7-5-9-6-7)8-3-2-4-10-8/h2-4,7,9-10H,5-6H2,1H3. The second-order valence-corrected chi connectivity index (χ2v) is 2.98. The fourth-order valence-electron chi connectivity index (χ4n) is 1.28. The molecule has 0 amide bonds. The van der Waals surface area contributed by atoms with Gasteiger partial charge in [-0.3, -0.25) is 0 Å². The number of likely N-dealkylation sites (N-methyl/N-ethyl adjacent to an activating group) is 1. The Bertz CT molecular complexity index is 213. The number of hydrogen-bond donors (Lipinski definition) is 2. The summed E-state index contributed by atoms with van der Waals surface area (Å²) in [5, 5.41) is 3.25. The summed E-state index contributed by atoms with van der Waals surface area (Å²) in [7, 11) is 2.12. The van der Waals surface area contributed by atoms with Gasteiger partial charge in [0.25, 0.3) is 0 Å². The van der Waals surface area contributed by atoms with Gasteiger partial charge in [0.15, 0.2) is 0 Å². The summed E-state index contributed by atoms with van der Waals surface area (Å²) in [6, 6.07) is 4.80. The number of rotatable bonds is 2. The highest BCUT2D eigenvalue weighted by atomic mass is 15.2. The van der Waals surface area contributed by atoms with Crippen molar-refractivity contribution >= 4 is 5.82 Å². The molecule has 0 radical (unpaired) electrons. The Balaban J connectivity index is 2.04. The van der Waals surface area contributed by atoms with Gasteiger partial charge < -0.3 is 15.2 Å². The summed E-state index contributed by atoms with van der Waals surface area (Å²) in [6.45, 7) is 2.21. The van der Waals surface area contributed by atoms with Crippen molar-refractivity contribution in [1.82, 2.24) is 10.3 Å². The molecule has 3 nitrogen and oxygen atoms in total. The van der Waals surface area contributed by atoms with Gasteiger partial charge in [-0.15, -0.1) is 0 Å². The van der Waals surface area contributed by atoms with E-state index in [0.29, 0.717) is 6.04 Å². The van der Waals surface area contributed by atoms with Crippen molar-refractivity contribution in [3.63, 3.8) is 0 Å². The topological polar surface area (TPSA) is 31.1 Å². The number of nitrogens with zero attached hydrogens (tertiary/aromatic N) is 1. The maximum atomic E-state index is 3.25. The molecule has 0 atom stereocenters. The van der Waals surface area contributed by atoms with E-state index in [0.717, 1.165) is 13.1 Å². The van der Waals surface area contributed by atoms with Crippen LogP contribution in [0.4, 0.5) is 5.82 Å². The molecule has 0 spiro atoms. The summed E-state index contributed by atoms with van der Waals surface area (Å²) < 4.78 is 0. The van der Waals surface area contributed by atoms with E-state index in [-0.39, 0.29) is 0 Å². The molecule has 1 fully saturated rings.